The third-order valence-electron chi connectivity index (χ3n) is 4.56. The van der Waals surface area contributed by atoms with E-state index in [9.17, 15) is 9.59 Å². The summed E-state index contributed by atoms with van der Waals surface area (Å²) in [6.07, 6.45) is 4.74. The van der Waals surface area contributed by atoms with E-state index in [-0.39, 0.29) is 17.7 Å². The second kappa shape index (κ2) is 8.90. The van der Waals surface area contributed by atoms with E-state index in [1.807, 2.05) is 50.3 Å². The molecular weight excluding hydrogens is 360 g/mol. The fourth-order valence-electron chi connectivity index (χ4n) is 2.92. The van der Waals surface area contributed by atoms with Crippen LogP contribution in [0.2, 0.25) is 0 Å². The molecule has 1 aromatic heterocycles. The molecule has 0 bridgehead atoms. The first kappa shape index (κ1) is 19.2. The number of hydrogen-bond acceptors (Lipinski definition) is 5. The van der Waals surface area contributed by atoms with Gasteiger partial charge in [-0.2, -0.15) is 0 Å². The highest BCUT2D eigenvalue weighted by molar-refractivity contribution is 7.15. The molecule has 1 saturated heterocycles. The van der Waals surface area contributed by atoms with Crippen molar-refractivity contribution in [3.05, 3.63) is 47.0 Å². The third kappa shape index (κ3) is 5.23. The van der Waals surface area contributed by atoms with Gasteiger partial charge in [0.15, 0.2) is 0 Å². The molecule has 27 heavy (non-hydrogen) atoms. The Morgan fingerprint density at radius 2 is 1.89 bits per heavy atom. The molecule has 1 fully saturated rings. The maximum atomic E-state index is 12.4. The number of nitrogens with zero attached hydrogens (tertiary/aromatic N) is 3. The summed E-state index contributed by atoms with van der Waals surface area (Å²) in [5.41, 5.74) is 0.998. The summed E-state index contributed by atoms with van der Waals surface area (Å²) in [6, 6.07) is 9.74. The van der Waals surface area contributed by atoms with Gasteiger partial charge in [0.1, 0.15) is 5.01 Å². The number of amides is 2. The van der Waals surface area contributed by atoms with Crippen LogP contribution >= 0.6 is 11.3 Å². The smallest absolute Gasteiger partial charge is 0.246 e. The Kier molecular flexibility index (Phi) is 6.34. The number of piperidine rings is 1. The minimum Gasteiger partial charge on any atom is -0.339 e. The van der Waals surface area contributed by atoms with Crippen LogP contribution in [0.15, 0.2) is 36.4 Å². The molecule has 1 aliphatic rings. The number of likely N-dealkylation sites (tertiary alicyclic amines) is 1. The molecule has 2 aromatic rings. The van der Waals surface area contributed by atoms with Gasteiger partial charge in [0.2, 0.25) is 16.9 Å². The van der Waals surface area contributed by atoms with Crippen LogP contribution in [0.25, 0.3) is 6.08 Å². The minimum absolute atomic E-state index is 0.0107. The van der Waals surface area contributed by atoms with E-state index in [1.54, 1.807) is 11.0 Å². The SMILES string of the molecule is CC(C)c1nnc(NC(=O)C2CCN(C(=O)/C=C/c3ccccc3)CC2)s1. The number of hydrogen-bond donors (Lipinski definition) is 1. The number of benzene rings is 1. The van der Waals surface area contributed by atoms with Crippen LogP contribution in [0.3, 0.4) is 0 Å². The average Bonchev–Trinajstić information content (AvgIpc) is 3.16. The van der Waals surface area contributed by atoms with Gasteiger partial charge in [0, 0.05) is 31.0 Å². The van der Waals surface area contributed by atoms with Gasteiger partial charge in [-0.05, 0) is 24.5 Å². The molecule has 0 saturated carbocycles. The molecule has 142 valence electrons. The molecule has 0 aliphatic carbocycles. The molecular formula is C20H24N4O2S. The van der Waals surface area contributed by atoms with Crippen LogP contribution in [0.4, 0.5) is 5.13 Å². The van der Waals surface area contributed by atoms with Crippen molar-refractivity contribution in [2.45, 2.75) is 32.6 Å². The number of carbonyl (C=O) groups excluding carboxylic acids is 2. The number of rotatable bonds is 5. The lowest BCUT2D eigenvalue weighted by atomic mass is 9.96. The van der Waals surface area contributed by atoms with Crippen molar-refractivity contribution in [1.82, 2.24) is 15.1 Å². The van der Waals surface area contributed by atoms with Gasteiger partial charge in [0.05, 0.1) is 0 Å². The average molecular weight is 385 g/mol. The zero-order valence-corrected chi connectivity index (χ0v) is 16.4. The lowest BCUT2D eigenvalue weighted by Gasteiger charge is -2.30. The molecule has 0 radical (unpaired) electrons. The van der Waals surface area contributed by atoms with Crippen LogP contribution in [0, 0.1) is 5.92 Å². The topological polar surface area (TPSA) is 75.2 Å². The van der Waals surface area contributed by atoms with E-state index in [1.165, 1.54) is 11.3 Å². The van der Waals surface area contributed by atoms with Gasteiger partial charge < -0.3 is 10.2 Å². The molecule has 1 aromatic carbocycles. The highest BCUT2D eigenvalue weighted by Gasteiger charge is 2.27. The first-order valence-corrected chi connectivity index (χ1v) is 10.0. The lowest BCUT2D eigenvalue weighted by Crippen LogP contribution is -2.40. The van der Waals surface area contributed by atoms with Crippen molar-refractivity contribution in [1.29, 1.82) is 0 Å². The molecule has 6 nitrogen and oxygen atoms in total. The van der Waals surface area contributed by atoms with Crippen molar-refractivity contribution in [3.8, 4) is 0 Å². The zero-order chi connectivity index (χ0) is 19.2. The quantitative estimate of drug-likeness (QED) is 0.800. The number of anilines is 1. The predicted molar refractivity (Wildman–Crippen MR) is 107 cm³/mol. The monoisotopic (exact) mass is 384 g/mol. The summed E-state index contributed by atoms with van der Waals surface area (Å²) < 4.78 is 0. The van der Waals surface area contributed by atoms with Gasteiger partial charge in [-0.25, -0.2) is 0 Å². The summed E-state index contributed by atoms with van der Waals surface area (Å²) in [4.78, 5) is 26.6. The first-order chi connectivity index (χ1) is 13.0. The number of nitrogens with one attached hydrogen (secondary N) is 1. The van der Waals surface area contributed by atoms with Crippen molar-refractivity contribution < 1.29 is 9.59 Å². The van der Waals surface area contributed by atoms with Crippen molar-refractivity contribution in [3.63, 3.8) is 0 Å². The molecule has 1 N–H and O–H groups in total. The fourth-order valence-corrected chi connectivity index (χ4v) is 3.67. The Labute approximate surface area is 163 Å². The number of carbonyl (C=O) groups is 2. The van der Waals surface area contributed by atoms with Gasteiger partial charge in [-0.15, -0.1) is 10.2 Å². The van der Waals surface area contributed by atoms with Crippen LogP contribution < -0.4 is 5.32 Å². The van der Waals surface area contributed by atoms with E-state index < -0.39 is 0 Å². The second-order valence-electron chi connectivity index (χ2n) is 6.93. The highest BCUT2D eigenvalue weighted by atomic mass is 32.1. The summed E-state index contributed by atoms with van der Waals surface area (Å²) in [6.45, 7) is 5.27. The summed E-state index contributed by atoms with van der Waals surface area (Å²) >= 11 is 1.42. The molecule has 0 atom stereocenters. The van der Waals surface area contributed by atoms with Crippen molar-refractivity contribution in [2.75, 3.05) is 18.4 Å². The normalized spacial score (nSPS) is 15.4. The van der Waals surface area contributed by atoms with Crippen LogP contribution in [-0.2, 0) is 9.59 Å². The van der Waals surface area contributed by atoms with E-state index in [2.05, 4.69) is 15.5 Å². The van der Waals surface area contributed by atoms with Crippen LogP contribution in [0.1, 0.15) is 43.2 Å². The second-order valence-corrected chi connectivity index (χ2v) is 7.94. The predicted octanol–water partition coefficient (Wildman–Crippen LogP) is 3.55. The molecule has 0 unspecified atom stereocenters. The van der Waals surface area contributed by atoms with Gasteiger partial charge in [-0.3, -0.25) is 9.59 Å². The highest BCUT2D eigenvalue weighted by Crippen LogP contribution is 2.24. The zero-order valence-electron chi connectivity index (χ0n) is 15.6. The fraction of sp³-hybridized carbons (Fsp3) is 0.400. The summed E-state index contributed by atoms with van der Waals surface area (Å²) in [5.74, 6) is 0.154. The molecule has 3 rings (SSSR count). The Morgan fingerprint density at radius 1 is 1.19 bits per heavy atom. The van der Waals surface area contributed by atoms with Crippen molar-refractivity contribution >= 4 is 34.4 Å². The molecule has 2 heterocycles. The molecule has 2 amide bonds. The first-order valence-electron chi connectivity index (χ1n) is 9.19. The van der Waals surface area contributed by atoms with Gasteiger partial charge in [0.25, 0.3) is 0 Å². The van der Waals surface area contributed by atoms with Crippen LogP contribution in [-0.4, -0.2) is 40.0 Å². The Bertz CT molecular complexity index is 808. The van der Waals surface area contributed by atoms with Crippen molar-refractivity contribution in [2.24, 2.45) is 5.92 Å². The van der Waals surface area contributed by atoms with E-state index >= 15 is 0 Å². The Morgan fingerprint density at radius 3 is 2.52 bits per heavy atom. The molecule has 0 spiro atoms. The number of aromatic nitrogens is 2. The Hall–Kier alpha value is -2.54. The van der Waals surface area contributed by atoms with Crippen LogP contribution in [0.5, 0.6) is 0 Å². The third-order valence-corrected chi connectivity index (χ3v) is 5.70. The summed E-state index contributed by atoms with van der Waals surface area (Å²) in [5, 5.41) is 12.4. The van der Waals surface area contributed by atoms with Gasteiger partial charge >= 0.3 is 0 Å². The lowest BCUT2D eigenvalue weighted by molar-refractivity contribution is -0.130. The Balaban J connectivity index is 1.48. The van der Waals surface area contributed by atoms with E-state index in [0.29, 0.717) is 37.0 Å². The van der Waals surface area contributed by atoms with E-state index in [0.717, 1.165) is 10.6 Å². The minimum atomic E-state index is -0.0986. The maximum absolute atomic E-state index is 12.4. The molecule has 1 aliphatic heterocycles. The van der Waals surface area contributed by atoms with E-state index in [4.69, 9.17) is 0 Å². The standard InChI is InChI=1S/C20H24N4O2S/c1-14(2)19-22-23-20(27-19)21-18(26)16-10-12-24(13-11-16)17(25)9-8-15-6-4-3-5-7-15/h3-9,14,16H,10-13H2,1-2H3,(H,21,23,26)/b9-8+. The maximum Gasteiger partial charge on any atom is 0.246 e. The molecule has 7 heteroatoms. The van der Waals surface area contributed by atoms with Gasteiger partial charge in [-0.1, -0.05) is 55.5 Å². The largest absolute Gasteiger partial charge is 0.339 e. The summed E-state index contributed by atoms with van der Waals surface area (Å²) in [7, 11) is 0.